The fraction of sp³-hybridized carbons (Fsp3) is 0.0526. The van der Waals surface area contributed by atoms with Crippen molar-refractivity contribution in [2.24, 2.45) is 5.10 Å². The first-order chi connectivity index (χ1) is 12.6. The molecule has 0 unspecified atom stereocenters. The van der Waals surface area contributed by atoms with Gasteiger partial charge in [0.2, 0.25) is 5.91 Å². The average molecular weight is 349 g/mol. The van der Waals surface area contributed by atoms with E-state index in [1.165, 1.54) is 18.3 Å². The van der Waals surface area contributed by atoms with Crippen molar-refractivity contribution in [3.05, 3.63) is 88.2 Å². The third kappa shape index (κ3) is 4.41. The quantitative estimate of drug-likeness (QED) is 0.418. The first kappa shape index (κ1) is 17.1. The Morgan fingerprint density at radius 3 is 2.69 bits per heavy atom. The molecule has 0 aliphatic carbocycles. The zero-order valence-corrected chi connectivity index (χ0v) is 13.7. The first-order valence-electron chi connectivity index (χ1n) is 7.82. The Labute approximate surface area is 149 Å². The van der Waals surface area contributed by atoms with Crippen molar-refractivity contribution in [1.29, 1.82) is 0 Å². The van der Waals surface area contributed by atoms with Gasteiger partial charge in [-0.3, -0.25) is 14.9 Å². The molecule has 0 aliphatic rings. The summed E-state index contributed by atoms with van der Waals surface area (Å²) in [5, 5.41) is 14.7. The van der Waals surface area contributed by atoms with Crippen molar-refractivity contribution in [2.45, 2.75) is 6.42 Å². The summed E-state index contributed by atoms with van der Waals surface area (Å²) in [5.74, 6) is 0.662. The average Bonchev–Trinajstić information content (AvgIpc) is 3.11. The van der Waals surface area contributed by atoms with E-state index in [2.05, 4.69) is 10.5 Å². The minimum Gasteiger partial charge on any atom is -0.455 e. The van der Waals surface area contributed by atoms with E-state index in [1.807, 2.05) is 30.3 Å². The number of hydrogen-bond donors (Lipinski definition) is 1. The van der Waals surface area contributed by atoms with Crippen LogP contribution in [0.1, 0.15) is 11.3 Å². The lowest BCUT2D eigenvalue weighted by Gasteiger charge is -1.99. The highest BCUT2D eigenvalue weighted by molar-refractivity contribution is 5.82. The highest BCUT2D eigenvalue weighted by Gasteiger charge is 2.09. The monoisotopic (exact) mass is 349 g/mol. The second-order valence-corrected chi connectivity index (χ2v) is 5.47. The molecule has 1 heterocycles. The van der Waals surface area contributed by atoms with E-state index in [1.54, 1.807) is 24.3 Å². The van der Waals surface area contributed by atoms with E-state index < -0.39 is 4.92 Å². The van der Waals surface area contributed by atoms with Crippen LogP contribution in [-0.4, -0.2) is 17.0 Å². The lowest BCUT2D eigenvalue weighted by molar-refractivity contribution is -0.384. The second-order valence-electron chi connectivity index (χ2n) is 5.47. The largest absolute Gasteiger partial charge is 0.455 e. The van der Waals surface area contributed by atoms with Gasteiger partial charge in [0, 0.05) is 17.7 Å². The molecule has 3 aromatic rings. The normalized spacial score (nSPS) is 10.8. The molecule has 2 aromatic carbocycles. The number of carbonyl (C=O) groups is 1. The number of nitrogens with zero attached hydrogens (tertiary/aromatic N) is 2. The molecule has 0 bridgehead atoms. The van der Waals surface area contributed by atoms with E-state index in [4.69, 9.17) is 4.42 Å². The highest BCUT2D eigenvalue weighted by Crippen LogP contribution is 2.25. The summed E-state index contributed by atoms with van der Waals surface area (Å²) in [5.41, 5.74) is 3.91. The molecule has 7 nitrogen and oxygen atoms in total. The number of nitro benzene ring substituents is 1. The standard InChI is InChI=1S/C19H15N3O4/c23-19(11-14-5-2-1-3-6-14)21-20-13-17-9-10-18(26-17)15-7-4-8-16(12-15)22(24)25/h1-10,12-13H,11H2,(H,21,23). The Morgan fingerprint density at radius 2 is 1.92 bits per heavy atom. The minimum atomic E-state index is -0.461. The van der Waals surface area contributed by atoms with Gasteiger partial charge < -0.3 is 4.42 Å². The van der Waals surface area contributed by atoms with Gasteiger partial charge in [0.25, 0.3) is 5.69 Å². The highest BCUT2D eigenvalue weighted by atomic mass is 16.6. The van der Waals surface area contributed by atoms with Gasteiger partial charge in [-0.15, -0.1) is 0 Å². The first-order valence-corrected chi connectivity index (χ1v) is 7.82. The van der Waals surface area contributed by atoms with Crippen molar-refractivity contribution < 1.29 is 14.1 Å². The Balaban J connectivity index is 1.61. The number of carbonyl (C=O) groups excluding carboxylic acids is 1. The van der Waals surface area contributed by atoms with Crippen molar-refractivity contribution >= 4 is 17.8 Å². The number of benzene rings is 2. The third-order valence-corrected chi connectivity index (χ3v) is 3.56. The van der Waals surface area contributed by atoms with Crippen LogP contribution in [0.5, 0.6) is 0 Å². The summed E-state index contributed by atoms with van der Waals surface area (Å²) in [7, 11) is 0. The number of rotatable bonds is 6. The van der Waals surface area contributed by atoms with Crippen LogP contribution in [0.3, 0.4) is 0 Å². The number of non-ortho nitro benzene ring substituents is 1. The van der Waals surface area contributed by atoms with Gasteiger partial charge in [-0.2, -0.15) is 5.10 Å². The molecule has 130 valence electrons. The number of nitrogens with one attached hydrogen (secondary N) is 1. The number of hydrazone groups is 1. The number of furan rings is 1. The second kappa shape index (κ2) is 7.89. The summed E-state index contributed by atoms with van der Waals surface area (Å²) in [4.78, 5) is 22.2. The Hall–Kier alpha value is -3.74. The molecule has 0 saturated carbocycles. The summed E-state index contributed by atoms with van der Waals surface area (Å²) >= 11 is 0. The molecule has 0 atom stereocenters. The van der Waals surface area contributed by atoms with E-state index in [0.29, 0.717) is 17.1 Å². The van der Waals surface area contributed by atoms with Crippen LogP contribution in [0, 0.1) is 10.1 Å². The fourth-order valence-corrected chi connectivity index (χ4v) is 2.34. The molecule has 0 radical (unpaired) electrons. The van der Waals surface area contributed by atoms with Gasteiger partial charge in [-0.1, -0.05) is 42.5 Å². The molecular formula is C19H15N3O4. The molecule has 1 N–H and O–H groups in total. The smallest absolute Gasteiger partial charge is 0.270 e. The van der Waals surface area contributed by atoms with Gasteiger partial charge in [-0.25, -0.2) is 5.43 Å². The zero-order chi connectivity index (χ0) is 18.4. The molecule has 0 spiro atoms. The zero-order valence-electron chi connectivity index (χ0n) is 13.7. The summed E-state index contributed by atoms with van der Waals surface area (Å²) in [6.45, 7) is 0. The number of nitro groups is 1. The maximum atomic E-state index is 11.8. The van der Waals surface area contributed by atoms with Gasteiger partial charge >= 0.3 is 0 Å². The molecule has 1 amide bonds. The third-order valence-electron chi connectivity index (χ3n) is 3.56. The molecule has 7 heteroatoms. The molecule has 0 fully saturated rings. The molecule has 0 saturated heterocycles. The molecule has 0 aliphatic heterocycles. The predicted molar refractivity (Wildman–Crippen MR) is 96.7 cm³/mol. The Kier molecular flexibility index (Phi) is 5.19. The van der Waals surface area contributed by atoms with Gasteiger partial charge in [0.1, 0.15) is 11.5 Å². The lowest BCUT2D eigenvalue weighted by atomic mass is 10.1. The maximum absolute atomic E-state index is 11.8. The Morgan fingerprint density at radius 1 is 1.12 bits per heavy atom. The van der Waals surface area contributed by atoms with Crippen molar-refractivity contribution in [1.82, 2.24) is 5.43 Å². The van der Waals surface area contributed by atoms with Crippen LogP contribution < -0.4 is 5.43 Å². The Bertz CT molecular complexity index is 948. The summed E-state index contributed by atoms with van der Waals surface area (Å²) in [6, 6.07) is 18.8. The van der Waals surface area contributed by atoms with Crippen LogP contribution in [0.15, 0.2) is 76.2 Å². The maximum Gasteiger partial charge on any atom is 0.270 e. The minimum absolute atomic E-state index is 0.0118. The van der Waals surface area contributed by atoms with Gasteiger partial charge in [0.15, 0.2) is 0 Å². The van der Waals surface area contributed by atoms with Crippen LogP contribution in [0.25, 0.3) is 11.3 Å². The molecule has 26 heavy (non-hydrogen) atoms. The van der Waals surface area contributed by atoms with E-state index in [-0.39, 0.29) is 18.0 Å². The van der Waals surface area contributed by atoms with Gasteiger partial charge in [0.05, 0.1) is 17.6 Å². The fourth-order valence-electron chi connectivity index (χ4n) is 2.34. The SMILES string of the molecule is O=C(Cc1ccccc1)NN=Cc1ccc(-c2cccc([N+](=O)[O-])c2)o1. The van der Waals surface area contributed by atoms with Crippen molar-refractivity contribution in [2.75, 3.05) is 0 Å². The van der Waals surface area contributed by atoms with E-state index in [0.717, 1.165) is 5.56 Å². The van der Waals surface area contributed by atoms with Gasteiger partial charge in [-0.05, 0) is 17.7 Å². The molecule has 1 aromatic heterocycles. The topological polar surface area (TPSA) is 97.7 Å². The molecule has 3 rings (SSSR count). The summed E-state index contributed by atoms with van der Waals surface area (Å²) in [6.07, 6.45) is 1.61. The van der Waals surface area contributed by atoms with Crippen molar-refractivity contribution in [3.8, 4) is 11.3 Å². The number of amides is 1. The summed E-state index contributed by atoms with van der Waals surface area (Å²) < 4.78 is 5.58. The van der Waals surface area contributed by atoms with Crippen LogP contribution in [-0.2, 0) is 11.2 Å². The van der Waals surface area contributed by atoms with E-state index in [9.17, 15) is 14.9 Å². The van der Waals surface area contributed by atoms with Crippen LogP contribution in [0.2, 0.25) is 0 Å². The number of hydrogen-bond acceptors (Lipinski definition) is 5. The van der Waals surface area contributed by atoms with E-state index >= 15 is 0 Å². The lowest BCUT2D eigenvalue weighted by Crippen LogP contribution is -2.19. The predicted octanol–water partition coefficient (Wildman–Crippen LogP) is 3.55. The van der Waals surface area contributed by atoms with Crippen LogP contribution in [0.4, 0.5) is 5.69 Å². The van der Waals surface area contributed by atoms with Crippen molar-refractivity contribution in [3.63, 3.8) is 0 Å². The van der Waals surface area contributed by atoms with Crippen LogP contribution >= 0.6 is 0 Å². The molecular weight excluding hydrogens is 334 g/mol.